The van der Waals surface area contributed by atoms with E-state index in [1.54, 1.807) is 72.4 Å². The summed E-state index contributed by atoms with van der Waals surface area (Å²) in [6, 6.07) is 10.4. The van der Waals surface area contributed by atoms with Crippen LogP contribution in [-0.4, -0.2) is 196 Å². The Morgan fingerprint density at radius 1 is 0.519 bits per heavy atom. The number of aliphatic hydroxyl groups excluding tert-OH is 2. The lowest BCUT2D eigenvalue weighted by Gasteiger charge is -2.33. The monoisotopic (exact) mass is 1130 g/mol. The van der Waals surface area contributed by atoms with Crippen LogP contribution in [0.5, 0.6) is 0 Å². The van der Waals surface area contributed by atoms with Gasteiger partial charge in [-0.15, -0.1) is 0 Å². The maximum absolute atomic E-state index is 14.1. The smallest absolute Gasteiger partial charge is 0.247 e. The Morgan fingerprint density at radius 3 is 1.22 bits per heavy atom. The highest BCUT2D eigenvalue weighted by molar-refractivity contribution is 5.97. The van der Waals surface area contributed by atoms with Gasteiger partial charge in [-0.2, -0.15) is 0 Å². The number of hydrogen-bond acceptors (Lipinski definition) is 15. The molecule has 2 aromatic carbocycles. The van der Waals surface area contributed by atoms with Crippen LogP contribution in [0.3, 0.4) is 0 Å². The molecule has 4 fully saturated rings. The van der Waals surface area contributed by atoms with Crippen LogP contribution in [-0.2, 0) is 52.6 Å². The molecule has 0 spiro atoms. The summed E-state index contributed by atoms with van der Waals surface area (Å²) in [5.41, 5.74) is 1.15. The SMILES string of the molecule is CC[C@H](NC)C(=O)N[C@@H]1C(=O)N2[C@@H](CC[C@@H]1CO)CC[C@H]2C(=O)N[C@H](C(=O)NCCCOCCOCCOCCCNC(=O)[C@@H](NC(=O)[C@@H]1CC[C@@H]2CC[C@H](CO)[C@H](NC(=O)[C@H](CC)NC)C(=O)N21)c1ccccc1)c1ccccc1. The van der Waals surface area contributed by atoms with Gasteiger partial charge >= 0.3 is 0 Å². The van der Waals surface area contributed by atoms with Gasteiger partial charge in [-0.05, 0) is 102 Å². The summed E-state index contributed by atoms with van der Waals surface area (Å²) in [7, 11) is 3.33. The predicted molar refractivity (Wildman–Crippen MR) is 299 cm³/mol. The molecule has 0 saturated carbocycles. The van der Waals surface area contributed by atoms with Gasteiger partial charge in [0.05, 0.1) is 38.5 Å². The number of aliphatic hydroxyl groups is 2. The van der Waals surface area contributed by atoms with Gasteiger partial charge in [0, 0.05) is 63.4 Å². The fraction of sp³-hybridized carbons (Fsp3) is 0.655. The first-order chi connectivity index (χ1) is 39.3. The Bertz CT molecular complexity index is 2190. The molecule has 8 amide bonds. The number of carbonyl (C=O) groups excluding carboxylic acids is 8. The molecule has 23 heteroatoms. The number of carbonyl (C=O) groups is 8. The second-order valence-electron chi connectivity index (χ2n) is 21.3. The number of nitrogens with zero attached hydrogens (tertiary/aromatic N) is 2. The zero-order valence-corrected chi connectivity index (χ0v) is 47.5. The van der Waals surface area contributed by atoms with E-state index in [-0.39, 0.29) is 50.2 Å². The van der Waals surface area contributed by atoms with Crippen LogP contribution in [0.4, 0.5) is 0 Å². The maximum atomic E-state index is 14.1. The topological polar surface area (TPSA) is 307 Å². The number of likely N-dealkylation sites (N-methyl/N-ethyl adjacent to an activating group) is 2. The highest BCUT2D eigenvalue weighted by Gasteiger charge is 2.50. The lowest BCUT2D eigenvalue weighted by molar-refractivity contribution is -0.144. The van der Waals surface area contributed by atoms with Crippen molar-refractivity contribution >= 4 is 47.3 Å². The van der Waals surface area contributed by atoms with Gasteiger partial charge in [0.2, 0.25) is 47.3 Å². The van der Waals surface area contributed by atoms with Crippen LogP contribution < -0.4 is 42.5 Å². The lowest BCUT2D eigenvalue weighted by atomic mass is 9.93. The van der Waals surface area contributed by atoms with Gasteiger partial charge in [-0.3, -0.25) is 38.4 Å². The van der Waals surface area contributed by atoms with Crippen molar-refractivity contribution in [3.8, 4) is 0 Å². The third kappa shape index (κ3) is 17.5. The standard InChI is InChI=1S/C58H88N10O13/c1-5-43(59-3)51(71)65-49-39(35-69)19-21-41-23-25-45(67(41)57(49)77)53(73)63-47(37-15-9-7-10-16-37)55(75)61-27-13-29-79-31-33-81-34-32-80-30-14-28-62-56(76)48(38-17-11-8-12-18-38)64-54(74)46-26-24-42-22-20-40(36-70)50(58(78)68(42)46)66-52(72)44(6-2)60-4/h7-12,15-18,39-50,59-60,69-70H,5-6,13-14,19-36H2,1-4H3,(H,61,75)(H,62,76)(H,63,73)(H,64,74)(H,65,71)(H,66,72)/t39-,40-,41+,42+,43+,44+,45+,46+,47+,48+,49+,50+/m1/s1. The quantitative estimate of drug-likeness (QED) is 0.0440. The Morgan fingerprint density at radius 2 is 0.877 bits per heavy atom. The minimum absolute atomic E-state index is 0.239. The second kappa shape index (κ2) is 33.1. The molecule has 0 aliphatic carbocycles. The number of nitrogens with one attached hydrogen (secondary N) is 8. The highest BCUT2D eigenvalue weighted by Crippen LogP contribution is 2.36. The van der Waals surface area contributed by atoms with E-state index in [4.69, 9.17) is 14.2 Å². The molecule has 4 heterocycles. The average Bonchev–Trinajstić information content (AvgIpc) is 4.23. The Balaban J connectivity index is 0.868. The van der Waals surface area contributed by atoms with Crippen LogP contribution in [0, 0.1) is 11.8 Å². The fourth-order valence-electron chi connectivity index (χ4n) is 11.6. The molecule has 4 aliphatic heterocycles. The van der Waals surface area contributed by atoms with Crippen LogP contribution >= 0.6 is 0 Å². The van der Waals surface area contributed by atoms with Gasteiger partial charge in [0.15, 0.2) is 0 Å². The first kappa shape index (κ1) is 64.1. The first-order valence-corrected chi connectivity index (χ1v) is 29.1. The molecule has 0 bridgehead atoms. The van der Waals surface area contributed by atoms with E-state index in [1.165, 1.54) is 0 Å². The predicted octanol–water partition coefficient (Wildman–Crippen LogP) is 0.253. The van der Waals surface area contributed by atoms with E-state index < -0.39 is 95.6 Å². The Kier molecular flexibility index (Phi) is 26.2. The molecule has 81 heavy (non-hydrogen) atoms. The molecule has 4 saturated heterocycles. The summed E-state index contributed by atoms with van der Waals surface area (Å²) in [6.45, 7) is 5.61. The van der Waals surface area contributed by atoms with E-state index in [1.807, 2.05) is 26.0 Å². The molecule has 0 unspecified atom stereocenters. The third-order valence-corrected chi connectivity index (χ3v) is 16.2. The van der Waals surface area contributed by atoms with E-state index in [9.17, 15) is 48.6 Å². The summed E-state index contributed by atoms with van der Waals surface area (Å²) in [5.74, 6) is -4.30. The maximum Gasteiger partial charge on any atom is 0.247 e. The fourth-order valence-corrected chi connectivity index (χ4v) is 11.6. The minimum atomic E-state index is -1.04. The van der Waals surface area contributed by atoms with Crippen LogP contribution in [0.25, 0.3) is 0 Å². The van der Waals surface area contributed by atoms with E-state index in [2.05, 4.69) is 42.5 Å². The van der Waals surface area contributed by atoms with E-state index in [0.29, 0.717) is 128 Å². The molecule has 6 rings (SSSR count). The summed E-state index contributed by atoms with van der Waals surface area (Å²) in [5, 5.41) is 43.7. The van der Waals surface area contributed by atoms with Gasteiger partial charge < -0.3 is 76.8 Å². The van der Waals surface area contributed by atoms with Crippen LogP contribution in [0.2, 0.25) is 0 Å². The number of hydrogen-bond donors (Lipinski definition) is 10. The van der Waals surface area contributed by atoms with Crippen molar-refractivity contribution in [1.82, 2.24) is 52.3 Å². The number of rotatable bonds is 32. The molecule has 23 nitrogen and oxygen atoms in total. The van der Waals surface area contributed by atoms with Crippen molar-refractivity contribution in [2.75, 3.05) is 80.0 Å². The second-order valence-corrected chi connectivity index (χ2v) is 21.3. The molecule has 10 N–H and O–H groups in total. The average molecular weight is 1130 g/mol. The molecule has 448 valence electrons. The van der Waals surface area contributed by atoms with E-state index in [0.717, 1.165) is 0 Å². The van der Waals surface area contributed by atoms with E-state index >= 15 is 0 Å². The lowest BCUT2D eigenvalue weighted by Crippen LogP contribution is -2.59. The molecule has 12 atom stereocenters. The largest absolute Gasteiger partial charge is 0.396 e. The zero-order valence-electron chi connectivity index (χ0n) is 47.5. The molecule has 4 aliphatic rings. The number of ether oxygens (including phenoxy) is 3. The molecular weight excluding hydrogens is 1040 g/mol. The summed E-state index contributed by atoms with van der Waals surface area (Å²) in [4.78, 5) is 113. The molecular formula is C58H88N10O13. The summed E-state index contributed by atoms with van der Waals surface area (Å²) in [6.07, 6.45) is 6.09. The zero-order chi connectivity index (χ0) is 58.3. The van der Waals surface area contributed by atoms with Crippen molar-refractivity contribution in [1.29, 1.82) is 0 Å². The molecule has 0 radical (unpaired) electrons. The van der Waals surface area contributed by atoms with Crippen LogP contribution in [0.1, 0.15) is 114 Å². The van der Waals surface area contributed by atoms with Crippen LogP contribution in [0.15, 0.2) is 60.7 Å². The number of benzene rings is 2. The molecule has 0 aromatic heterocycles. The first-order valence-electron chi connectivity index (χ1n) is 29.1. The van der Waals surface area contributed by atoms with Crippen molar-refractivity contribution < 1.29 is 62.8 Å². The van der Waals surface area contributed by atoms with Crippen molar-refractivity contribution in [2.24, 2.45) is 11.8 Å². The third-order valence-electron chi connectivity index (χ3n) is 16.2. The van der Waals surface area contributed by atoms with Gasteiger partial charge in [-0.1, -0.05) is 74.5 Å². The minimum Gasteiger partial charge on any atom is -0.396 e. The Labute approximate surface area is 475 Å². The van der Waals surface area contributed by atoms with Gasteiger partial charge in [-0.25, -0.2) is 0 Å². The summed E-state index contributed by atoms with van der Waals surface area (Å²) >= 11 is 0. The highest BCUT2D eigenvalue weighted by atomic mass is 16.5. The number of fused-ring (bicyclic) bond motifs is 2. The van der Waals surface area contributed by atoms with Gasteiger partial charge in [0.25, 0.3) is 0 Å². The number of amides is 8. The Hall–Kier alpha value is -6.08. The van der Waals surface area contributed by atoms with Gasteiger partial charge in [0.1, 0.15) is 36.3 Å². The summed E-state index contributed by atoms with van der Waals surface area (Å²) < 4.78 is 17.1. The normalized spacial score (nSPS) is 24.1. The van der Waals surface area contributed by atoms with Crippen molar-refractivity contribution in [2.45, 2.75) is 151 Å². The van der Waals surface area contributed by atoms with Crippen molar-refractivity contribution in [3.05, 3.63) is 71.8 Å². The van der Waals surface area contributed by atoms with Crippen molar-refractivity contribution in [3.63, 3.8) is 0 Å². The molecule has 2 aromatic rings.